The van der Waals surface area contributed by atoms with Crippen LogP contribution in [0.5, 0.6) is 0 Å². The fraction of sp³-hybridized carbons (Fsp3) is 0.421. The van der Waals surface area contributed by atoms with Crippen molar-refractivity contribution < 1.29 is 13.6 Å². The molecule has 3 aromatic rings. The summed E-state index contributed by atoms with van der Waals surface area (Å²) in [7, 11) is 0. The number of aryl methyl sites for hydroxylation is 1. The van der Waals surface area contributed by atoms with Gasteiger partial charge in [0.15, 0.2) is 5.58 Å². The lowest BCUT2D eigenvalue weighted by molar-refractivity contribution is 0.0114. The third-order valence-electron chi connectivity index (χ3n) is 4.53. The molecule has 1 N–H and O–H groups in total. The van der Waals surface area contributed by atoms with E-state index in [1.54, 1.807) is 0 Å². The Labute approximate surface area is 146 Å². The average molecular weight is 341 g/mol. The molecule has 6 nitrogen and oxygen atoms in total. The minimum absolute atomic E-state index is 0.182. The van der Waals surface area contributed by atoms with Gasteiger partial charge >= 0.3 is 0 Å². The first-order valence-electron chi connectivity index (χ1n) is 8.73. The van der Waals surface area contributed by atoms with E-state index in [9.17, 15) is 0 Å². The molecule has 1 aromatic carbocycles. The van der Waals surface area contributed by atoms with Crippen molar-refractivity contribution in [1.82, 2.24) is 15.2 Å². The quantitative estimate of drug-likeness (QED) is 0.744. The molecule has 0 bridgehead atoms. The number of morpholine rings is 1. The van der Waals surface area contributed by atoms with Crippen molar-refractivity contribution in [3.63, 3.8) is 0 Å². The largest absolute Gasteiger partial charge is 0.465 e. The molecule has 1 fully saturated rings. The van der Waals surface area contributed by atoms with E-state index in [2.05, 4.69) is 21.3 Å². The van der Waals surface area contributed by atoms with Gasteiger partial charge in [0.25, 0.3) is 0 Å². The van der Waals surface area contributed by atoms with E-state index in [0.717, 1.165) is 55.5 Å². The first-order valence-corrected chi connectivity index (χ1v) is 8.73. The van der Waals surface area contributed by atoms with Crippen molar-refractivity contribution in [1.29, 1.82) is 0 Å². The number of benzene rings is 1. The number of fused-ring (bicyclic) bond motifs is 1. The molecular weight excluding hydrogens is 318 g/mol. The third-order valence-corrected chi connectivity index (χ3v) is 4.53. The highest BCUT2D eigenvalue weighted by Gasteiger charge is 2.25. The van der Waals surface area contributed by atoms with E-state index < -0.39 is 0 Å². The van der Waals surface area contributed by atoms with Gasteiger partial charge in [0.2, 0.25) is 5.89 Å². The number of hydrogen-bond acceptors (Lipinski definition) is 6. The van der Waals surface area contributed by atoms with Crippen molar-refractivity contribution in [2.24, 2.45) is 0 Å². The van der Waals surface area contributed by atoms with Crippen LogP contribution < -0.4 is 5.32 Å². The monoisotopic (exact) mass is 341 g/mol. The Morgan fingerprint density at radius 3 is 2.72 bits per heavy atom. The van der Waals surface area contributed by atoms with Crippen LogP contribution >= 0.6 is 0 Å². The smallest absolute Gasteiger partial charge is 0.209 e. The average Bonchev–Trinajstić information content (AvgIpc) is 3.25. The highest BCUT2D eigenvalue weighted by atomic mass is 16.5. The fourth-order valence-corrected chi connectivity index (χ4v) is 3.24. The van der Waals surface area contributed by atoms with Crippen LogP contribution in [0.25, 0.3) is 11.1 Å². The first kappa shape index (κ1) is 16.3. The Morgan fingerprint density at radius 1 is 1.12 bits per heavy atom. The first-order chi connectivity index (χ1) is 12.3. The van der Waals surface area contributed by atoms with Gasteiger partial charge in [0.1, 0.15) is 17.0 Å². The van der Waals surface area contributed by atoms with Gasteiger partial charge in [-0.1, -0.05) is 12.1 Å². The summed E-state index contributed by atoms with van der Waals surface area (Å²) in [6.45, 7) is 6.69. The summed E-state index contributed by atoms with van der Waals surface area (Å²) in [5.41, 5.74) is 1.72. The van der Waals surface area contributed by atoms with Crippen LogP contribution in [0.15, 0.2) is 45.2 Å². The summed E-state index contributed by atoms with van der Waals surface area (Å²) in [6, 6.07) is 12.1. The molecule has 0 radical (unpaired) electrons. The number of nitrogens with one attached hydrogen (secondary N) is 1. The van der Waals surface area contributed by atoms with Crippen LogP contribution in [0.4, 0.5) is 0 Å². The van der Waals surface area contributed by atoms with Crippen LogP contribution in [0.2, 0.25) is 0 Å². The lowest BCUT2D eigenvalue weighted by Crippen LogP contribution is -2.42. The Morgan fingerprint density at radius 2 is 1.96 bits per heavy atom. The molecule has 25 heavy (non-hydrogen) atoms. The fourth-order valence-electron chi connectivity index (χ4n) is 3.24. The molecule has 6 heteroatoms. The predicted octanol–water partition coefficient (Wildman–Crippen LogP) is 2.89. The molecule has 1 aliphatic rings. The van der Waals surface area contributed by atoms with Crippen molar-refractivity contribution in [3.8, 4) is 0 Å². The molecule has 1 aliphatic heterocycles. The second kappa shape index (κ2) is 7.39. The van der Waals surface area contributed by atoms with E-state index in [-0.39, 0.29) is 6.04 Å². The van der Waals surface area contributed by atoms with Gasteiger partial charge in [-0.05, 0) is 31.2 Å². The van der Waals surface area contributed by atoms with Crippen LogP contribution in [-0.2, 0) is 11.3 Å². The standard InChI is InChI=1S/C19H23N3O3/c1-14-6-7-18(24-14)16(22-8-10-23-11-9-22)12-20-13-19-21-15-4-2-3-5-17(15)25-19/h2-7,16,20H,8-13H2,1H3/t16-/m0/s1. The van der Waals surface area contributed by atoms with Crippen molar-refractivity contribution in [2.75, 3.05) is 32.8 Å². The zero-order chi connectivity index (χ0) is 17.1. The Kier molecular flexibility index (Phi) is 4.83. The van der Waals surface area contributed by atoms with Gasteiger partial charge < -0.3 is 18.9 Å². The van der Waals surface area contributed by atoms with Gasteiger partial charge in [0, 0.05) is 19.6 Å². The topological polar surface area (TPSA) is 63.7 Å². The van der Waals surface area contributed by atoms with Gasteiger partial charge in [-0.25, -0.2) is 4.98 Å². The summed E-state index contributed by atoms with van der Waals surface area (Å²) in [4.78, 5) is 6.92. The molecule has 0 spiro atoms. The molecule has 1 saturated heterocycles. The highest BCUT2D eigenvalue weighted by molar-refractivity contribution is 5.72. The van der Waals surface area contributed by atoms with Crippen LogP contribution in [0.3, 0.4) is 0 Å². The van der Waals surface area contributed by atoms with Gasteiger partial charge in [-0.15, -0.1) is 0 Å². The number of aromatic nitrogens is 1. The minimum atomic E-state index is 0.182. The molecule has 0 unspecified atom stereocenters. The maximum Gasteiger partial charge on any atom is 0.209 e. The summed E-state index contributed by atoms with van der Waals surface area (Å²) < 4.78 is 17.1. The summed E-state index contributed by atoms with van der Waals surface area (Å²) in [5.74, 6) is 2.63. The zero-order valence-corrected chi connectivity index (χ0v) is 14.4. The summed E-state index contributed by atoms with van der Waals surface area (Å²) in [6.07, 6.45) is 0. The Bertz CT molecular complexity index is 787. The van der Waals surface area contributed by atoms with Crippen molar-refractivity contribution in [2.45, 2.75) is 19.5 Å². The van der Waals surface area contributed by atoms with Gasteiger partial charge in [-0.2, -0.15) is 0 Å². The number of furan rings is 1. The van der Waals surface area contributed by atoms with Gasteiger partial charge in [-0.3, -0.25) is 4.90 Å². The molecule has 0 amide bonds. The molecule has 2 aromatic heterocycles. The second-order valence-corrected chi connectivity index (χ2v) is 6.32. The number of nitrogens with zero attached hydrogens (tertiary/aromatic N) is 2. The second-order valence-electron chi connectivity index (χ2n) is 6.32. The summed E-state index contributed by atoms with van der Waals surface area (Å²) >= 11 is 0. The molecule has 4 rings (SSSR count). The van der Waals surface area contributed by atoms with E-state index in [1.165, 1.54) is 0 Å². The maximum absolute atomic E-state index is 5.89. The summed E-state index contributed by atoms with van der Waals surface area (Å²) in [5, 5.41) is 3.47. The van der Waals surface area contributed by atoms with E-state index >= 15 is 0 Å². The van der Waals surface area contributed by atoms with E-state index in [0.29, 0.717) is 12.4 Å². The van der Waals surface area contributed by atoms with Crippen molar-refractivity contribution in [3.05, 3.63) is 53.8 Å². The van der Waals surface area contributed by atoms with Crippen LogP contribution in [-0.4, -0.2) is 42.7 Å². The maximum atomic E-state index is 5.89. The van der Waals surface area contributed by atoms with E-state index in [4.69, 9.17) is 13.6 Å². The molecule has 1 atom stereocenters. The number of hydrogen-bond donors (Lipinski definition) is 1. The normalized spacial score (nSPS) is 17.2. The highest BCUT2D eigenvalue weighted by Crippen LogP contribution is 2.23. The molecule has 132 valence electrons. The van der Waals surface area contributed by atoms with Crippen LogP contribution in [0, 0.1) is 6.92 Å². The van der Waals surface area contributed by atoms with Crippen molar-refractivity contribution >= 4 is 11.1 Å². The number of oxazole rings is 1. The number of para-hydroxylation sites is 2. The SMILES string of the molecule is Cc1ccc([C@H](CNCc2nc3ccccc3o2)N2CCOCC2)o1. The number of rotatable bonds is 6. The minimum Gasteiger partial charge on any atom is -0.465 e. The molecule has 0 saturated carbocycles. The molecular formula is C19H23N3O3. The predicted molar refractivity (Wildman–Crippen MR) is 94.3 cm³/mol. The van der Waals surface area contributed by atoms with Crippen LogP contribution in [0.1, 0.15) is 23.5 Å². The van der Waals surface area contributed by atoms with E-state index in [1.807, 2.05) is 37.3 Å². The third kappa shape index (κ3) is 3.76. The van der Waals surface area contributed by atoms with Gasteiger partial charge in [0.05, 0.1) is 25.8 Å². The molecule has 0 aliphatic carbocycles. The number of ether oxygens (including phenoxy) is 1. The lowest BCUT2D eigenvalue weighted by Gasteiger charge is -2.33. The molecule has 3 heterocycles. The zero-order valence-electron chi connectivity index (χ0n) is 14.4. The lowest BCUT2D eigenvalue weighted by atomic mass is 10.1. The Balaban J connectivity index is 1.43. The Hall–Kier alpha value is -2.15.